The first kappa shape index (κ1) is 16.8. The maximum Gasteiger partial charge on any atom is -0.0162 e. The molecule has 2 aliphatic rings. The second-order valence-electron chi connectivity index (χ2n) is 7.93. The van der Waals surface area contributed by atoms with Gasteiger partial charge in [-0.3, -0.25) is 0 Å². The summed E-state index contributed by atoms with van der Waals surface area (Å²) in [6.45, 7) is 2.32. The second-order valence-corrected chi connectivity index (χ2v) is 7.93. The van der Waals surface area contributed by atoms with Gasteiger partial charge in [0.25, 0.3) is 0 Å². The maximum atomic E-state index is 2.48. The molecule has 0 saturated heterocycles. The smallest absolute Gasteiger partial charge is 0.0162 e. The van der Waals surface area contributed by atoms with E-state index in [-0.39, 0.29) is 0 Å². The first-order valence-corrected chi connectivity index (χ1v) is 10.1. The van der Waals surface area contributed by atoms with Gasteiger partial charge in [0, 0.05) is 0 Å². The zero-order valence-electron chi connectivity index (χ0n) is 15.0. The van der Waals surface area contributed by atoms with Crippen molar-refractivity contribution in [2.75, 3.05) is 0 Å². The molecular weight excluding hydrogens is 276 g/mol. The van der Waals surface area contributed by atoms with E-state index in [1.54, 1.807) is 5.56 Å². The van der Waals surface area contributed by atoms with Crippen LogP contribution in [-0.4, -0.2) is 0 Å². The zero-order valence-corrected chi connectivity index (χ0v) is 15.0. The molecule has 2 aliphatic carbocycles. The van der Waals surface area contributed by atoms with E-state index in [9.17, 15) is 0 Å². The summed E-state index contributed by atoms with van der Waals surface area (Å²) in [4.78, 5) is 0. The molecule has 23 heavy (non-hydrogen) atoms. The third-order valence-corrected chi connectivity index (χ3v) is 6.16. The van der Waals surface area contributed by atoms with Gasteiger partial charge >= 0.3 is 0 Å². The molecule has 2 saturated carbocycles. The lowest BCUT2D eigenvalue weighted by Crippen LogP contribution is -2.12. The summed E-state index contributed by atoms with van der Waals surface area (Å²) in [5.74, 6) is 2.66. The van der Waals surface area contributed by atoms with Gasteiger partial charge in [0.2, 0.25) is 0 Å². The lowest BCUT2D eigenvalue weighted by Gasteiger charge is -2.26. The Morgan fingerprint density at radius 1 is 0.870 bits per heavy atom. The van der Waals surface area contributed by atoms with Crippen LogP contribution in [0.5, 0.6) is 0 Å². The largest absolute Gasteiger partial charge is 0.0808 e. The van der Waals surface area contributed by atoms with Gasteiger partial charge in [-0.15, -0.1) is 0 Å². The van der Waals surface area contributed by atoms with E-state index >= 15 is 0 Å². The molecule has 0 unspecified atom stereocenters. The molecule has 126 valence electrons. The maximum absolute atomic E-state index is 2.48. The number of allylic oxidation sites excluding steroid dienone is 1. The van der Waals surface area contributed by atoms with Gasteiger partial charge < -0.3 is 0 Å². The van der Waals surface area contributed by atoms with Crippen LogP contribution in [0, 0.1) is 11.8 Å². The molecule has 0 amide bonds. The van der Waals surface area contributed by atoms with E-state index < -0.39 is 0 Å². The van der Waals surface area contributed by atoms with E-state index in [1.807, 2.05) is 0 Å². The second kappa shape index (κ2) is 8.71. The molecule has 0 radical (unpaired) electrons. The summed E-state index contributed by atoms with van der Waals surface area (Å²) in [5, 5.41) is 0. The molecule has 0 aliphatic heterocycles. The average Bonchev–Trinajstić information content (AvgIpc) is 2.63. The predicted octanol–water partition coefficient (Wildman–Crippen LogP) is 7.35. The van der Waals surface area contributed by atoms with Crippen molar-refractivity contribution in [3.05, 3.63) is 41.5 Å². The molecule has 1 aromatic rings. The zero-order chi connectivity index (χ0) is 15.9. The first-order chi connectivity index (χ1) is 11.3. The summed E-state index contributed by atoms with van der Waals surface area (Å²) >= 11 is 0. The molecule has 0 atom stereocenters. The van der Waals surface area contributed by atoms with Crippen molar-refractivity contribution in [1.29, 1.82) is 0 Å². The van der Waals surface area contributed by atoms with Crippen LogP contribution >= 0.6 is 0 Å². The molecule has 1 aromatic carbocycles. The van der Waals surface area contributed by atoms with Crippen molar-refractivity contribution in [2.24, 2.45) is 11.8 Å². The van der Waals surface area contributed by atoms with Crippen molar-refractivity contribution in [3.8, 4) is 0 Å². The van der Waals surface area contributed by atoms with Gasteiger partial charge in [-0.1, -0.05) is 75.4 Å². The summed E-state index contributed by atoms with van der Waals surface area (Å²) in [6.07, 6.45) is 20.4. The Morgan fingerprint density at radius 2 is 1.57 bits per heavy atom. The fourth-order valence-electron chi connectivity index (χ4n) is 4.64. The fourth-order valence-corrected chi connectivity index (χ4v) is 4.64. The third-order valence-electron chi connectivity index (χ3n) is 6.16. The van der Waals surface area contributed by atoms with Crippen LogP contribution in [-0.2, 0) is 0 Å². The van der Waals surface area contributed by atoms with Gasteiger partial charge in [0.15, 0.2) is 0 Å². The van der Waals surface area contributed by atoms with E-state index in [0.29, 0.717) is 0 Å². The van der Waals surface area contributed by atoms with E-state index in [4.69, 9.17) is 0 Å². The molecule has 0 heterocycles. The third kappa shape index (κ3) is 4.96. The highest BCUT2D eigenvalue weighted by atomic mass is 14.2. The van der Waals surface area contributed by atoms with Crippen LogP contribution in [0.25, 0.3) is 6.08 Å². The number of rotatable bonds is 5. The van der Waals surface area contributed by atoms with Crippen LogP contribution < -0.4 is 0 Å². The minimum Gasteiger partial charge on any atom is -0.0808 e. The lowest BCUT2D eigenvalue weighted by molar-refractivity contribution is 0.295. The minimum absolute atomic E-state index is 0.820. The lowest BCUT2D eigenvalue weighted by atomic mass is 9.80. The topological polar surface area (TPSA) is 0 Å². The van der Waals surface area contributed by atoms with Gasteiger partial charge in [-0.25, -0.2) is 0 Å². The van der Waals surface area contributed by atoms with E-state index in [0.717, 1.165) is 17.8 Å². The summed E-state index contributed by atoms with van der Waals surface area (Å²) in [6, 6.07) is 9.44. The standard InChI is InChI=1S/C23H34/c1-2-6-19-9-11-20(12-10-19)13-14-21-15-17-23(18-16-21)22-7-4-3-5-8-22/h13-20,22H,2-12H2,1H3/b14-13+. The quantitative estimate of drug-likeness (QED) is 0.533. The Morgan fingerprint density at radius 3 is 2.22 bits per heavy atom. The Hall–Kier alpha value is -1.04. The van der Waals surface area contributed by atoms with Gasteiger partial charge in [-0.2, -0.15) is 0 Å². The van der Waals surface area contributed by atoms with Crippen molar-refractivity contribution >= 4 is 6.08 Å². The molecular formula is C23H34. The Kier molecular flexibility index (Phi) is 6.37. The van der Waals surface area contributed by atoms with Crippen LogP contribution in [0.1, 0.15) is 94.6 Å². The molecule has 0 bridgehead atoms. The van der Waals surface area contributed by atoms with Gasteiger partial charge in [0.1, 0.15) is 0 Å². The number of benzene rings is 1. The van der Waals surface area contributed by atoms with Crippen LogP contribution in [0.3, 0.4) is 0 Å². The van der Waals surface area contributed by atoms with Crippen molar-refractivity contribution in [2.45, 2.75) is 83.5 Å². The Labute approximate surface area is 143 Å². The highest BCUT2D eigenvalue weighted by Crippen LogP contribution is 2.34. The van der Waals surface area contributed by atoms with Crippen LogP contribution in [0.4, 0.5) is 0 Å². The highest BCUT2D eigenvalue weighted by molar-refractivity contribution is 5.50. The SMILES string of the molecule is CCCC1CCC(/C=C/c2ccc(C3CCCCC3)cc2)CC1. The molecule has 0 aromatic heterocycles. The molecule has 0 N–H and O–H groups in total. The fraction of sp³-hybridized carbons (Fsp3) is 0.652. The van der Waals surface area contributed by atoms with Crippen LogP contribution in [0.2, 0.25) is 0 Å². The van der Waals surface area contributed by atoms with E-state index in [2.05, 4.69) is 43.3 Å². The first-order valence-electron chi connectivity index (χ1n) is 10.1. The predicted molar refractivity (Wildman–Crippen MR) is 102 cm³/mol. The average molecular weight is 311 g/mol. The minimum atomic E-state index is 0.820. The monoisotopic (exact) mass is 310 g/mol. The molecule has 3 rings (SSSR count). The van der Waals surface area contributed by atoms with Gasteiger partial charge in [0.05, 0.1) is 0 Å². The Balaban J connectivity index is 1.50. The molecule has 0 nitrogen and oxygen atoms in total. The van der Waals surface area contributed by atoms with E-state index in [1.165, 1.54) is 76.2 Å². The van der Waals surface area contributed by atoms with Gasteiger partial charge in [-0.05, 0) is 67.4 Å². The highest BCUT2D eigenvalue weighted by Gasteiger charge is 2.18. The van der Waals surface area contributed by atoms with Crippen molar-refractivity contribution in [1.82, 2.24) is 0 Å². The summed E-state index contributed by atoms with van der Waals surface area (Å²) in [5.41, 5.74) is 2.96. The number of hydrogen-bond donors (Lipinski definition) is 0. The normalized spacial score (nSPS) is 26.7. The molecule has 0 heteroatoms. The number of hydrogen-bond acceptors (Lipinski definition) is 0. The summed E-state index contributed by atoms with van der Waals surface area (Å²) in [7, 11) is 0. The van der Waals surface area contributed by atoms with Crippen LogP contribution in [0.15, 0.2) is 30.3 Å². The molecule has 0 spiro atoms. The van der Waals surface area contributed by atoms with Crippen molar-refractivity contribution < 1.29 is 0 Å². The summed E-state index contributed by atoms with van der Waals surface area (Å²) < 4.78 is 0. The molecule has 2 fully saturated rings. The Bertz CT molecular complexity index is 467. The van der Waals surface area contributed by atoms with Crippen molar-refractivity contribution in [3.63, 3.8) is 0 Å².